The smallest absolute Gasteiger partial charge is 0.217 e. The van der Waals surface area contributed by atoms with Gasteiger partial charge < -0.3 is 55.3 Å². The number of aliphatic hydroxyl groups is 7. The maximum Gasteiger partial charge on any atom is 0.217 e. The first-order valence-electron chi connectivity index (χ1n) is 8.06. The Kier molecular flexibility index (Phi) is 7.27. The highest BCUT2D eigenvalue weighted by Crippen LogP contribution is 2.28. The number of nitrogens with one attached hydrogen (secondary N) is 1. The molecular weight excluding hydrogens is 358 g/mol. The van der Waals surface area contributed by atoms with Gasteiger partial charge in [0.25, 0.3) is 0 Å². The highest BCUT2D eigenvalue weighted by molar-refractivity contribution is 5.73. The van der Waals surface area contributed by atoms with E-state index in [1.165, 1.54) is 0 Å². The third-order valence-corrected chi connectivity index (χ3v) is 4.38. The number of aliphatic hydroxyl groups excluding tert-OH is 7. The van der Waals surface area contributed by atoms with Gasteiger partial charge >= 0.3 is 0 Å². The van der Waals surface area contributed by atoms with Crippen LogP contribution in [0, 0.1) is 0 Å². The van der Waals surface area contributed by atoms with E-state index in [4.69, 9.17) is 14.2 Å². The van der Waals surface area contributed by atoms with Gasteiger partial charge in [-0.2, -0.15) is 0 Å². The molecule has 2 aliphatic heterocycles. The van der Waals surface area contributed by atoms with Crippen molar-refractivity contribution < 1.29 is 54.8 Å². The summed E-state index contributed by atoms with van der Waals surface area (Å²) in [6, 6.07) is -1.29. The number of carbonyl (C=O) groups is 1. The fourth-order valence-corrected chi connectivity index (χ4v) is 2.97. The topological polar surface area (TPSA) is 198 Å². The standard InChI is InChI=1S/C14H25NO11/c1-4(18)15-7-10(21)8(19)5(2-16)25-14(7)26-12-9(20)6(3-17)24-13(23)11(12)22/h5-14,16-17,19-23H,2-3H2,1H3,(H,15,18)/t5?,6?,7?,8-,9-,10?,11?,12?,13+,14-/m0/s1. The SMILES string of the molecule is CC(=O)NC1C(O)[C@@H](O)C(CO)O[C@H]1OC1C(O)[C@H](O)OC(CO)[C@@H]1O. The average molecular weight is 383 g/mol. The third-order valence-electron chi connectivity index (χ3n) is 4.38. The third kappa shape index (κ3) is 4.31. The van der Waals surface area contributed by atoms with E-state index < -0.39 is 80.5 Å². The quantitative estimate of drug-likeness (QED) is 0.226. The van der Waals surface area contributed by atoms with Crippen LogP contribution in [0.1, 0.15) is 6.92 Å². The molecule has 12 nitrogen and oxygen atoms in total. The van der Waals surface area contributed by atoms with Crippen molar-refractivity contribution in [3.63, 3.8) is 0 Å². The van der Waals surface area contributed by atoms with Crippen LogP contribution < -0.4 is 5.32 Å². The Hall–Kier alpha value is -0.930. The normalized spacial score (nSPS) is 46.8. The lowest BCUT2D eigenvalue weighted by molar-refractivity contribution is -0.341. The summed E-state index contributed by atoms with van der Waals surface area (Å²) in [4.78, 5) is 11.4. The first-order chi connectivity index (χ1) is 12.2. The van der Waals surface area contributed by atoms with Gasteiger partial charge in [-0.05, 0) is 0 Å². The van der Waals surface area contributed by atoms with Crippen LogP contribution in [0.2, 0.25) is 0 Å². The molecule has 0 aromatic heterocycles. The number of hydrogen-bond acceptors (Lipinski definition) is 11. The van der Waals surface area contributed by atoms with Crippen molar-refractivity contribution in [3.8, 4) is 0 Å². The van der Waals surface area contributed by atoms with Gasteiger partial charge in [0.05, 0.1) is 13.2 Å². The number of hydrogen-bond donors (Lipinski definition) is 8. The molecule has 26 heavy (non-hydrogen) atoms. The predicted octanol–water partition coefficient (Wildman–Crippen LogP) is -5.25. The molecule has 0 aromatic carbocycles. The fraction of sp³-hybridized carbons (Fsp3) is 0.929. The van der Waals surface area contributed by atoms with Crippen molar-refractivity contribution in [3.05, 3.63) is 0 Å². The molecule has 152 valence electrons. The molecule has 12 heteroatoms. The first-order valence-corrected chi connectivity index (χ1v) is 8.06. The van der Waals surface area contributed by atoms with Crippen LogP contribution in [-0.2, 0) is 19.0 Å². The molecule has 2 aliphatic rings. The van der Waals surface area contributed by atoms with Crippen LogP contribution in [0.4, 0.5) is 0 Å². The summed E-state index contributed by atoms with van der Waals surface area (Å²) in [5.41, 5.74) is 0. The van der Waals surface area contributed by atoms with Gasteiger partial charge in [-0.15, -0.1) is 0 Å². The number of amides is 1. The van der Waals surface area contributed by atoms with Crippen molar-refractivity contribution in [1.82, 2.24) is 5.32 Å². The largest absolute Gasteiger partial charge is 0.394 e. The van der Waals surface area contributed by atoms with Crippen LogP contribution >= 0.6 is 0 Å². The zero-order valence-corrected chi connectivity index (χ0v) is 14.0. The number of rotatable bonds is 5. The minimum Gasteiger partial charge on any atom is -0.394 e. The second kappa shape index (κ2) is 8.84. The van der Waals surface area contributed by atoms with Crippen molar-refractivity contribution in [1.29, 1.82) is 0 Å². The van der Waals surface area contributed by atoms with E-state index in [2.05, 4.69) is 5.32 Å². The van der Waals surface area contributed by atoms with E-state index in [0.717, 1.165) is 6.92 Å². The molecule has 6 unspecified atom stereocenters. The van der Waals surface area contributed by atoms with Gasteiger partial charge in [0.2, 0.25) is 5.91 Å². The Morgan fingerprint density at radius 2 is 1.50 bits per heavy atom. The molecule has 10 atom stereocenters. The Morgan fingerprint density at radius 1 is 0.923 bits per heavy atom. The van der Waals surface area contributed by atoms with Gasteiger partial charge in [0.1, 0.15) is 48.8 Å². The Morgan fingerprint density at radius 3 is 2.04 bits per heavy atom. The molecule has 2 saturated heterocycles. The van der Waals surface area contributed by atoms with Gasteiger partial charge in [0, 0.05) is 6.92 Å². The summed E-state index contributed by atoms with van der Waals surface area (Å²) in [5.74, 6) is -0.581. The van der Waals surface area contributed by atoms with E-state index in [9.17, 15) is 40.5 Å². The van der Waals surface area contributed by atoms with E-state index in [0.29, 0.717) is 0 Å². The molecule has 0 aromatic rings. The molecule has 0 radical (unpaired) electrons. The summed E-state index contributed by atoms with van der Waals surface area (Å²) in [7, 11) is 0. The molecule has 0 bridgehead atoms. The van der Waals surface area contributed by atoms with Crippen molar-refractivity contribution >= 4 is 5.91 Å². The predicted molar refractivity (Wildman–Crippen MR) is 80.2 cm³/mol. The molecule has 2 fully saturated rings. The summed E-state index contributed by atoms with van der Waals surface area (Å²) < 4.78 is 15.6. The minimum absolute atomic E-state index is 0.581. The highest BCUT2D eigenvalue weighted by Gasteiger charge is 2.50. The molecule has 8 N–H and O–H groups in total. The van der Waals surface area contributed by atoms with E-state index in [-0.39, 0.29) is 0 Å². The van der Waals surface area contributed by atoms with E-state index >= 15 is 0 Å². The maximum absolute atomic E-state index is 11.4. The van der Waals surface area contributed by atoms with Crippen molar-refractivity contribution in [2.45, 2.75) is 68.3 Å². The van der Waals surface area contributed by atoms with Crippen LogP contribution in [0.3, 0.4) is 0 Å². The molecule has 0 spiro atoms. The van der Waals surface area contributed by atoms with Gasteiger partial charge in [0.15, 0.2) is 12.6 Å². The molecule has 0 saturated carbocycles. The van der Waals surface area contributed by atoms with Crippen LogP contribution in [0.5, 0.6) is 0 Å². The summed E-state index contributed by atoms with van der Waals surface area (Å²) in [6.07, 6.45) is -13.7. The Bertz CT molecular complexity index is 480. The molecule has 1 amide bonds. The van der Waals surface area contributed by atoms with Gasteiger partial charge in [-0.1, -0.05) is 0 Å². The zero-order valence-electron chi connectivity index (χ0n) is 14.0. The zero-order chi connectivity index (χ0) is 19.6. The maximum atomic E-state index is 11.4. The Balaban J connectivity index is 2.22. The number of ether oxygens (including phenoxy) is 3. The van der Waals surface area contributed by atoms with E-state index in [1.54, 1.807) is 0 Å². The van der Waals surface area contributed by atoms with Crippen molar-refractivity contribution in [2.75, 3.05) is 13.2 Å². The van der Waals surface area contributed by atoms with Crippen LogP contribution in [0.15, 0.2) is 0 Å². The monoisotopic (exact) mass is 383 g/mol. The van der Waals surface area contributed by atoms with Gasteiger partial charge in [-0.3, -0.25) is 4.79 Å². The Labute approximate surface area is 148 Å². The summed E-state index contributed by atoms with van der Waals surface area (Å²) in [6.45, 7) is -0.199. The number of carbonyl (C=O) groups excluding carboxylic acids is 1. The highest BCUT2D eigenvalue weighted by atomic mass is 16.7. The van der Waals surface area contributed by atoms with Crippen LogP contribution in [0.25, 0.3) is 0 Å². The lowest BCUT2D eigenvalue weighted by Crippen LogP contribution is -2.67. The van der Waals surface area contributed by atoms with Crippen LogP contribution in [-0.4, -0.2) is 116 Å². The molecular formula is C14H25NO11. The second-order valence-corrected chi connectivity index (χ2v) is 6.26. The lowest BCUT2D eigenvalue weighted by atomic mass is 9.95. The fourth-order valence-electron chi connectivity index (χ4n) is 2.97. The summed E-state index contributed by atoms with van der Waals surface area (Å²) >= 11 is 0. The van der Waals surface area contributed by atoms with Crippen molar-refractivity contribution in [2.24, 2.45) is 0 Å². The average Bonchev–Trinajstić information content (AvgIpc) is 2.60. The molecule has 0 aliphatic carbocycles. The lowest BCUT2D eigenvalue weighted by Gasteiger charge is -2.46. The molecule has 2 heterocycles. The second-order valence-electron chi connectivity index (χ2n) is 6.26. The molecule has 2 rings (SSSR count). The minimum atomic E-state index is -1.77. The first kappa shape index (κ1) is 21.4. The van der Waals surface area contributed by atoms with Gasteiger partial charge in [-0.25, -0.2) is 0 Å². The summed E-state index contributed by atoms with van der Waals surface area (Å²) in [5, 5.41) is 70.8. The van der Waals surface area contributed by atoms with E-state index in [1.807, 2.05) is 0 Å².